The molecule has 1 aliphatic heterocycles. The molecule has 0 bridgehead atoms. The first-order valence-corrected chi connectivity index (χ1v) is 10.5. The second kappa shape index (κ2) is 10.1. The van der Waals surface area contributed by atoms with Crippen molar-refractivity contribution >= 4 is 0 Å². The smallest absolute Gasteiger partial charge is 0.170 e. The number of nitrogens with one attached hydrogen (secondary N) is 1. The summed E-state index contributed by atoms with van der Waals surface area (Å²) in [6.07, 6.45) is 2.89. The van der Waals surface area contributed by atoms with E-state index in [2.05, 4.69) is 28.9 Å². The summed E-state index contributed by atoms with van der Waals surface area (Å²) >= 11 is 0. The summed E-state index contributed by atoms with van der Waals surface area (Å²) in [6.45, 7) is 8.05. The first kappa shape index (κ1) is 20.2. The second-order valence-electron chi connectivity index (χ2n) is 7.36. The van der Waals surface area contributed by atoms with Crippen LogP contribution in [0.2, 0.25) is 0 Å². The van der Waals surface area contributed by atoms with Gasteiger partial charge in [0, 0.05) is 32.2 Å². The average molecular weight is 401 g/mol. The van der Waals surface area contributed by atoms with E-state index in [1.165, 1.54) is 5.56 Å². The normalized spacial score (nSPS) is 15.3. The predicted molar refractivity (Wildman–Crippen MR) is 121 cm³/mol. The van der Waals surface area contributed by atoms with Crippen molar-refractivity contribution in [3.8, 4) is 23.0 Å². The Balaban J connectivity index is 1.67. The van der Waals surface area contributed by atoms with Crippen molar-refractivity contribution in [2.24, 2.45) is 0 Å². The molecule has 0 saturated carbocycles. The number of benzene rings is 3. The van der Waals surface area contributed by atoms with Crippen LogP contribution in [0.1, 0.15) is 18.0 Å². The van der Waals surface area contributed by atoms with Crippen molar-refractivity contribution in [2.75, 3.05) is 26.2 Å². The molecule has 4 rings (SSSR count). The number of hydrogen-bond acceptors (Lipinski definition) is 4. The fourth-order valence-electron chi connectivity index (χ4n) is 3.77. The summed E-state index contributed by atoms with van der Waals surface area (Å²) in [5, 5.41) is 3.43. The molecule has 1 saturated heterocycles. The van der Waals surface area contributed by atoms with Gasteiger partial charge in [-0.25, -0.2) is 0 Å². The van der Waals surface area contributed by atoms with E-state index in [9.17, 15) is 0 Å². The number of rotatable bonds is 8. The van der Waals surface area contributed by atoms with E-state index in [0.717, 1.165) is 44.1 Å². The Morgan fingerprint density at radius 1 is 0.833 bits per heavy atom. The third-order valence-corrected chi connectivity index (χ3v) is 5.28. The summed E-state index contributed by atoms with van der Waals surface area (Å²) in [5.41, 5.74) is 1.21. The van der Waals surface area contributed by atoms with Crippen LogP contribution in [0.3, 0.4) is 0 Å². The molecule has 0 aromatic heterocycles. The first-order valence-electron chi connectivity index (χ1n) is 10.5. The number of hydrogen-bond donors (Lipinski definition) is 1. The molecule has 1 heterocycles. The molecule has 0 unspecified atom stereocenters. The quantitative estimate of drug-likeness (QED) is 0.485. The Bertz CT molecular complexity index is 938. The van der Waals surface area contributed by atoms with E-state index in [0.29, 0.717) is 11.5 Å². The maximum absolute atomic E-state index is 6.26. The van der Waals surface area contributed by atoms with Crippen molar-refractivity contribution in [3.05, 3.63) is 97.1 Å². The molecule has 4 nitrogen and oxygen atoms in total. The van der Waals surface area contributed by atoms with Gasteiger partial charge in [-0.2, -0.15) is 0 Å². The van der Waals surface area contributed by atoms with Crippen LogP contribution in [-0.2, 0) is 0 Å². The minimum atomic E-state index is 0.272. The minimum absolute atomic E-state index is 0.272. The second-order valence-corrected chi connectivity index (χ2v) is 7.36. The molecular formula is C26H28N2O2. The Kier molecular flexibility index (Phi) is 6.80. The van der Waals surface area contributed by atoms with Crippen molar-refractivity contribution in [3.63, 3.8) is 0 Å². The fraction of sp³-hybridized carbons (Fsp3) is 0.231. The van der Waals surface area contributed by atoms with Crippen LogP contribution in [0.25, 0.3) is 0 Å². The maximum atomic E-state index is 6.26. The van der Waals surface area contributed by atoms with Crippen molar-refractivity contribution < 1.29 is 9.47 Å². The standard InChI is InChI=1S/C26H28N2O2/c1-2-9-24(28-18-16-27-17-19-28)21-14-15-25(29-22-10-5-3-6-11-22)26(20-21)30-23-12-7-4-8-13-23/h2-8,10-15,20,24,27H,1,9,16-19H2/t24-/m0/s1. The number of nitrogens with zero attached hydrogens (tertiary/aromatic N) is 1. The lowest BCUT2D eigenvalue weighted by Crippen LogP contribution is -2.45. The molecule has 1 aliphatic rings. The molecule has 0 aliphatic carbocycles. The monoisotopic (exact) mass is 400 g/mol. The van der Waals surface area contributed by atoms with Gasteiger partial charge in [-0.1, -0.05) is 48.5 Å². The van der Waals surface area contributed by atoms with Crippen LogP contribution in [0, 0.1) is 0 Å². The van der Waals surface area contributed by atoms with Gasteiger partial charge in [0.25, 0.3) is 0 Å². The Morgan fingerprint density at radius 2 is 1.43 bits per heavy atom. The third kappa shape index (κ3) is 5.09. The SMILES string of the molecule is C=CC[C@@H](c1ccc(Oc2ccccc2)c(Oc2ccccc2)c1)N1CCNCC1. The zero-order valence-corrected chi connectivity index (χ0v) is 17.2. The van der Waals surface area contributed by atoms with Gasteiger partial charge in [-0.15, -0.1) is 6.58 Å². The highest BCUT2D eigenvalue weighted by molar-refractivity contribution is 5.48. The molecule has 0 amide bonds. The topological polar surface area (TPSA) is 33.7 Å². The molecule has 30 heavy (non-hydrogen) atoms. The Morgan fingerprint density at radius 3 is 2.03 bits per heavy atom. The van der Waals surface area contributed by atoms with E-state index in [4.69, 9.17) is 9.47 Å². The summed E-state index contributed by atoms with van der Waals surface area (Å²) in [7, 11) is 0. The van der Waals surface area contributed by atoms with Gasteiger partial charge in [-0.3, -0.25) is 4.90 Å². The number of ether oxygens (including phenoxy) is 2. The van der Waals surface area contributed by atoms with E-state index in [-0.39, 0.29) is 6.04 Å². The number of para-hydroxylation sites is 2. The lowest BCUT2D eigenvalue weighted by atomic mass is 10.0. The third-order valence-electron chi connectivity index (χ3n) is 5.28. The van der Waals surface area contributed by atoms with Crippen LogP contribution >= 0.6 is 0 Å². The Hall–Kier alpha value is -3.08. The number of piperazine rings is 1. The van der Waals surface area contributed by atoms with Crippen LogP contribution in [0.5, 0.6) is 23.0 Å². The van der Waals surface area contributed by atoms with Crippen LogP contribution in [-0.4, -0.2) is 31.1 Å². The summed E-state index contributed by atoms with van der Waals surface area (Å²) in [5.74, 6) is 2.99. The van der Waals surface area contributed by atoms with Gasteiger partial charge < -0.3 is 14.8 Å². The molecule has 1 N–H and O–H groups in total. The van der Waals surface area contributed by atoms with E-state index < -0.39 is 0 Å². The highest BCUT2D eigenvalue weighted by Gasteiger charge is 2.22. The molecule has 0 spiro atoms. The van der Waals surface area contributed by atoms with Gasteiger partial charge in [-0.05, 0) is 48.4 Å². The van der Waals surface area contributed by atoms with Gasteiger partial charge in [0.2, 0.25) is 0 Å². The van der Waals surface area contributed by atoms with Gasteiger partial charge in [0.05, 0.1) is 0 Å². The zero-order chi connectivity index (χ0) is 20.6. The molecule has 154 valence electrons. The average Bonchev–Trinajstić information content (AvgIpc) is 2.81. The lowest BCUT2D eigenvalue weighted by Gasteiger charge is -2.35. The minimum Gasteiger partial charge on any atom is -0.453 e. The largest absolute Gasteiger partial charge is 0.453 e. The van der Waals surface area contributed by atoms with Gasteiger partial charge in [0.15, 0.2) is 11.5 Å². The van der Waals surface area contributed by atoms with Crippen LogP contribution in [0.4, 0.5) is 0 Å². The maximum Gasteiger partial charge on any atom is 0.170 e. The fourth-order valence-corrected chi connectivity index (χ4v) is 3.77. The van der Waals surface area contributed by atoms with E-state index in [1.807, 2.05) is 72.8 Å². The molecule has 4 heteroatoms. The van der Waals surface area contributed by atoms with Crippen molar-refractivity contribution in [1.82, 2.24) is 10.2 Å². The highest BCUT2D eigenvalue weighted by atomic mass is 16.5. The summed E-state index contributed by atoms with van der Waals surface area (Å²) in [6, 6.07) is 26.2. The molecular weight excluding hydrogens is 372 g/mol. The van der Waals surface area contributed by atoms with E-state index >= 15 is 0 Å². The molecule has 3 aromatic rings. The van der Waals surface area contributed by atoms with Gasteiger partial charge in [0.1, 0.15) is 11.5 Å². The van der Waals surface area contributed by atoms with Crippen LogP contribution < -0.4 is 14.8 Å². The van der Waals surface area contributed by atoms with Crippen LogP contribution in [0.15, 0.2) is 91.5 Å². The highest BCUT2D eigenvalue weighted by Crippen LogP contribution is 2.38. The zero-order valence-electron chi connectivity index (χ0n) is 17.2. The summed E-state index contributed by atoms with van der Waals surface area (Å²) < 4.78 is 12.4. The van der Waals surface area contributed by atoms with Crippen molar-refractivity contribution in [1.29, 1.82) is 0 Å². The first-order chi connectivity index (χ1) is 14.8. The molecule has 0 radical (unpaired) electrons. The van der Waals surface area contributed by atoms with E-state index in [1.54, 1.807) is 0 Å². The van der Waals surface area contributed by atoms with Crippen molar-refractivity contribution in [2.45, 2.75) is 12.5 Å². The lowest BCUT2D eigenvalue weighted by molar-refractivity contribution is 0.174. The predicted octanol–water partition coefficient (Wildman–Crippen LogP) is 5.79. The molecule has 1 atom stereocenters. The molecule has 1 fully saturated rings. The van der Waals surface area contributed by atoms with Gasteiger partial charge >= 0.3 is 0 Å². The molecule has 3 aromatic carbocycles. The summed E-state index contributed by atoms with van der Waals surface area (Å²) in [4.78, 5) is 2.51. The Labute approximate surface area is 178 Å².